The minimum atomic E-state index is -0.251. The standard InChI is InChI=1S/C17H25ClN2O4/c1-12-5-4-8-20(15(12)11-21)17(22)19-14-7-3-6-13(18)16(14)24-10-9-23-2/h3,6-7,12,15,21H,4-5,8-11H2,1-2H3,(H,19,22)/t12-,15+/m1/s1. The Morgan fingerprint density at radius 3 is 2.96 bits per heavy atom. The number of halogens is 1. The SMILES string of the molecule is COCCOc1c(Cl)cccc1NC(=O)N1CCC[C@@H](C)[C@@H]1CO. The number of aliphatic hydroxyl groups is 1. The number of urea groups is 1. The Balaban J connectivity index is 2.11. The van der Waals surface area contributed by atoms with E-state index in [0.717, 1.165) is 12.8 Å². The number of rotatable bonds is 6. The minimum absolute atomic E-state index is 0.0403. The minimum Gasteiger partial charge on any atom is -0.487 e. The number of aliphatic hydroxyl groups excluding tert-OH is 1. The highest BCUT2D eigenvalue weighted by Gasteiger charge is 2.31. The van der Waals surface area contributed by atoms with Gasteiger partial charge in [-0.15, -0.1) is 0 Å². The quantitative estimate of drug-likeness (QED) is 0.769. The summed E-state index contributed by atoms with van der Waals surface area (Å²) in [4.78, 5) is 14.3. The van der Waals surface area contributed by atoms with Crippen molar-refractivity contribution in [2.24, 2.45) is 5.92 Å². The molecule has 2 rings (SSSR count). The van der Waals surface area contributed by atoms with Crippen LogP contribution in [0.4, 0.5) is 10.5 Å². The molecule has 0 aliphatic carbocycles. The zero-order valence-electron chi connectivity index (χ0n) is 14.1. The monoisotopic (exact) mass is 356 g/mol. The van der Waals surface area contributed by atoms with Crippen LogP contribution in [0.1, 0.15) is 19.8 Å². The Bertz CT molecular complexity index is 555. The van der Waals surface area contributed by atoms with Crippen molar-refractivity contribution >= 4 is 23.3 Å². The van der Waals surface area contributed by atoms with Crippen LogP contribution in [0.15, 0.2) is 18.2 Å². The Kier molecular flexibility index (Phi) is 7.15. The highest BCUT2D eigenvalue weighted by molar-refractivity contribution is 6.32. The summed E-state index contributed by atoms with van der Waals surface area (Å²) in [6, 6.07) is 4.78. The van der Waals surface area contributed by atoms with E-state index < -0.39 is 0 Å². The van der Waals surface area contributed by atoms with Gasteiger partial charge in [0, 0.05) is 13.7 Å². The molecule has 24 heavy (non-hydrogen) atoms. The van der Waals surface area contributed by atoms with E-state index in [1.807, 2.05) is 0 Å². The van der Waals surface area contributed by atoms with Crippen LogP contribution in [-0.2, 0) is 4.74 Å². The molecular weight excluding hydrogens is 332 g/mol. The average molecular weight is 357 g/mol. The third-order valence-corrected chi connectivity index (χ3v) is 4.60. The maximum atomic E-state index is 12.7. The first-order valence-corrected chi connectivity index (χ1v) is 8.55. The van der Waals surface area contributed by atoms with Crippen LogP contribution < -0.4 is 10.1 Å². The molecule has 2 amide bonds. The number of nitrogens with zero attached hydrogens (tertiary/aromatic N) is 1. The van der Waals surface area contributed by atoms with E-state index in [9.17, 15) is 9.90 Å². The third kappa shape index (κ3) is 4.53. The maximum absolute atomic E-state index is 12.7. The lowest BCUT2D eigenvalue weighted by Gasteiger charge is -2.39. The fourth-order valence-corrected chi connectivity index (χ4v) is 3.18. The van der Waals surface area contributed by atoms with E-state index in [0.29, 0.717) is 36.2 Å². The average Bonchev–Trinajstić information content (AvgIpc) is 2.57. The predicted molar refractivity (Wildman–Crippen MR) is 93.8 cm³/mol. The number of hydrogen-bond acceptors (Lipinski definition) is 4. The van der Waals surface area contributed by atoms with Gasteiger partial charge in [0.2, 0.25) is 0 Å². The summed E-state index contributed by atoms with van der Waals surface area (Å²) in [5.41, 5.74) is 0.513. The van der Waals surface area contributed by atoms with Gasteiger partial charge < -0.3 is 24.8 Å². The van der Waals surface area contributed by atoms with Crippen molar-refractivity contribution in [1.82, 2.24) is 4.90 Å². The number of carbonyl (C=O) groups is 1. The van der Waals surface area contributed by atoms with Gasteiger partial charge in [-0.1, -0.05) is 24.6 Å². The number of methoxy groups -OCH3 is 1. The zero-order chi connectivity index (χ0) is 17.5. The van der Waals surface area contributed by atoms with Gasteiger partial charge in [0.15, 0.2) is 5.75 Å². The normalized spacial score (nSPS) is 20.8. The van der Waals surface area contributed by atoms with Crippen molar-refractivity contribution in [1.29, 1.82) is 0 Å². The lowest BCUT2D eigenvalue weighted by Crippen LogP contribution is -2.51. The number of piperidine rings is 1. The molecule has 2 atom stereocenters. The topological polar surface area (TPSA) is 71.0 Å². The molecule has 134 valence electrons. The van der Waals surface area contributed by atoms with Crippen LogP contribution in [0.5, 0.6) is 5.75 Å². The molecule has 0 bridgehead atoms. The van der Waals surface area contributed by atoms with Crippen LogP contribution in [0.25, 0.3) is 0 Å². The van der Waals surface area contributed by atoms with Crippen molar-refractivity contribution in [3.63, 3.8) is 0 Å². The van der Waals surface area contributed by atoms with Gasteiger partial charge in [-0.2, -0.15) is 0 Å². The maximum Gasteiger partial charge on any atom is 0.322 e. The van der Waals surface area contributed by atoms with Gasteiger partial charge in [0.25, 0.3) is 0 Å². The summed E-state index contributed by atoms with van der Waals surface area (Å²) in [6.07, 6.45) is 1.94. The van der Waals surface area contributed by atoms with Crippen molar-refractivity contribution in [3.8, 4) is 5.75 Å². The van der Waals surface area contributed by atoms with E-state index in [2.05, 4.69) is 12.2 Å². The molecule has 1 saturated heterocycles. The van der Waals surface area contributed by atoms with Crippen molar-refractivity contribution in [2.75, 3.05) is 38.8 Å². The number of para-hydroxylation sites is 1. The first kappa shape index (κ1) is 18.8. The number of ether oxygens (including phenoxy) is 2. The summed E-state index contributed by atoms with van der Waals surface area (Å²) in [5.74, 6) is 0.696. The van der Waals surface area contributed by atoms with E-state index in [-0.39, 0.29) is 24.6 Å². The molecule has 7 heteroatoms. The second kappa shape index (κ2) is 9.11. The van der Waals surface area contributed by atoms with Crippen molar-refractivity contribution in [2.45, 2.75) is 25.8 Å². The molecule has 0 spiro atoms. The Morgan fingerprint density at radius 2 is 2.25 bits per heavy atom. The molecular formula is C17H25ClN2O4. The smallest absolute Gasteiger partial charge is 0.322 e. The Labute approximate surface area is 147 Å². The summed E-state index contributed by atoms with van der Waals surface area (Å²) >= 11 is 6.19. The van der Waals surface area contributed by atoms with E-state index in [1.54, 1.807) is 30.2 Å². The third-order valence-electron chi connectivity index (χ3n) is 4.31. The van der Waals surface area contributed by atoms with Gasteiger partial charge in [0.1, 0.15) is 6.61 Å². The second-order valence-corrected chi connectivity index (χ2v) is 6.36. The van der Waals surface area contributed by atoms with Crippen LogP contribution >= 0.6 is 11.6 Å². The Morgan fingerprint density at radius 1 is 1.46 bits per heavy atom. The first-order valence-electron chi connectivity index (χ1n) is 8.17. The molecule has 0 aromatic heterocycles. The largest absolute Gasteiger partial charge is 0.487 e. The molecule has 0 unspecified atom stereocenters. The molecule has 0 saturated carbocycles. The first-order chi connectivity index (χ1) is 11.6. The number of carbonyl (C=O) groups excluding carboxylic acids is 1. The predicted octanol–water partition coefficient (Wildman–Crippen LogP) is 2.99. The van der Waals surface area contributed by atoms with Crippen LogP contribution in [0.2, 0.25) is 5.02 Å². The fraction of sp³-hybridized carbons (Fsp3) is 0.588. The lowest BCUT2D eigenvalue weighted by molar-refractivity contribution is 0.0811. The molecule has 6 nitrogen and oxygen atoms in total. The zero-order valence-corrected chi connectivity index (χ0v) is 14.9. The fourth-order valence-electron chi connectivity index (χ4n) is 2.95. The van der Waals surface area contributed by atoms with Crippen LogP contribution in [0.3, 0.4) is 0 Å². The number of amides is 2. The Hall–Kier alpha value is -1.50. The van der Waals surface area contributed by atoms with Crippen molar-refractivity contribution < 1.29 is 19.4 Å². The molecule has 1 heterocycles. The molecule has 1 fully saturated rings. The van der Waals surface area contributed by atoms with Gasteiger partial charge in [-0.3, -0.25) is 0 Å². The molecule has 1 aromatic rings. The van der Waals surface area contributed by atoms with E-state index in [4.69, 9.17) is 21.1 Å². The molecule has 0 radical (unpaired) electrons. The van der Waals surface area contributed by atoms with Gasteiger partial charge in [-0.25, -0.2) is 4.79 Å². The second-order valence-electron chi connectivity index (χ2n) is 5.95. The number of anilines is 1. The molecule has 1 aliphatic rings. The van der Waals surface area contributed by atoms with Crippen LogP contribution in [0, 0.1) is 5.92 Å². The number of hydrogen-bond donors (Lipinski definition) is 2. The summed E-state index contributed by atoms with van der Waals surface area (Å²) < 4.78 is 10.6. The molecule has 2 N–H and O–H groups in total. The van der Waals surface area contributed by atoms with Gasteiger partial charge >= 0.3 is 6.03 Å². The van der Waals surface area contributed by atoms with Gasteiger partial charge in [0.05, 0.1) is 30.0 Å². The molecule has 1 aliphatic heterocycles. The van der Waals surface area contributed by atoms with E-state index in [1.165, 1.54) is 0 Å². The molecule has 1 aromatic carbocycles. The number of benzene rings is 1. The highest BCUT2D eigenvalue weighted by atomic mass is 35.5. The van der Waals surface area contributed by atoms with Crippen LogP contribution in [-0.4, -0.2) is 55.6 Å². The van der Waals surface area contributed by atoms with E-state index >= 15 is 0 Å². The summed E-state index contributed by atoms with van der Waals surface area (Å²) in [7, 11) is 1.59. The van der Waals surface area contributed by atoms with Gasteiger partial charge in [-0.05, 0) is 30.9 Å². The summed E-state index contributed by atoms with van der Waals surface area (Å²) in [5, 5.41) is 12.9. The highest BCUT2D eigenvalue weighted by Crippen LogP contribution is 2.33. The number of likely N-dealkylation sites (tertiary alicyclic amines) is 1. The number of nitrogens with one attached hydrogen (secondary N) is 1. The summed E-state index contributed by atoms with van der Waals surface area (Å²) in [6.45, 7) is 3.40. The van der Waals surface area contributed by atoms with Crippen molar-refractivity contribution in [3.05, 3.63) is 23.2 Å². The lowest BCUT2D eigenvalue weighted by atomic mass is 9.91.